The van der Waals surface area contributed by atoms with Crippen molar-refractivity contribution in [2.45, 2.75) is 30.2 Å². The van der Waals surface area contributed by atoms with E-state index in [1.165, 1.54) is 4.31 Å². The molecule has 0 bridgehead atoms. The highest BCUT2D eigenvalue weighted by Gasteiger charge is 2.35. The Kier molecular flexibility index (Phi) is 7.55. The van der Waals surface area contributed by atoms with Crippen LogP contribution >= 0.6 is 0 Å². The molecular formula is C17H25N3O5S. The van der Waals surface area contributed by atoms with Gasteiger partial charge in [-0.1, -0.05) is 18.2 Å². The number of benzene rings is 1. The SMILES string of the molecule is COCCCNC(=O)C(=O)NCC1CCCN1S(=O)(=O)c1ccccc1. The molecule has 0 aromatic heterocycles. The lowest BCUT2D eigenvalue weighted by Crippen LogP contribution is -2.47. The summed E-state index contributed by atoms with van der Waals surface area (Å²) in [5.74, 6) is -1.48. The minimum atomic E-state index is -3.61. The highest BCUT2D eigenvalue weighted by atomic mass is 32.2. The third-order valence-electron chi connectivity index (χ3n) is 4.19. The predicted octanol–water partition coefficient (Wildman–Crippen LogP) is 0.109. The lowest BCUT2D eigenvalue weighted by molar-refractivity contribution is -0.139. The van der Waals surface area contributed by atoms with Gasteiger partial charge in [0.1, 0.15) is 0 Å². The number of ether oxygens (including phenoxy) is 1. The fourth-order valence-corrected chi connectivity index (χ4v) is 4.56. The van der Waals surface area contributed by atoms with Crippen LogP contribution in [0.25, 0.3) is 0 Å². The van der Waals surface area contributed by atoms with Crippen LogP contribution in [0.15, 0.2) is 35.2 Å². The van der Waals surface area contributed by atoms with E-state index in [-0.39, 0.29) is 17.5 Å². The summed E-state index contributed by atoms with van der Waals surface area (Å²) in [6.07, 6.45) is 1.97. The highest BCUT2D eigenvalue weighted by molar-refractivity contribution is 7.89. The molecule has 0 spiro atoms. The van der Waals surface area contributed by atoms with Gasteiger partial charge in [0.25, 0.3) is 0 Å². The lowest BCUT2D eigenvalue weighted by Gasteiger charge is -2.24. The third-order valence-corrected chi connectivity index (χ3v) is 6.15. The van der Waals surface area contributed by atoms with Gasteiger partial charge in [-0.15, -0.1) is 0 Å². The van der Waals surface area contributed by atoms with Crippen molar-refractivity contribution in [1.29, 1.82) is 0 Å². The average Bonchev–Trinajstić information content (AvgIpc) is 3.13. The summed E-state index contributed by atoms with van der Waals surface area (Å²) in [6, 6.07) is 7.85. The fraction of sp³-hybridized carbons (Fsp3) is 0.529. The Hall–Kier alpha value is -1.97. The monoisotopic (exact) mass is 383 g/mol. The molecule has 1 unspecified atom stereocenters. The van der Waals surface area contributed by atoms with E-state index in [9.17, 15) is 18.0 Å². The maximum Gasteiger partial charge on any atom is 0.309 e. The van der Waals surface area contributed by atoms with E-state index in [1.807, 2.05) is 0 Å². The first-order chi connectivity index (χ1) is 12.5. The second-order valence-corrected chi connectivity index (χ2v) is 7.93. The molecule has 8 nitrogen and oxygen atoms in total. The van der Waals surface area contributed by atoms with Crippen molar-refractivity contribution >= 4 is 21.8 Å². The predicted molar refractivity (Wildman–Crippen MR) is 95.9 cm³/mol. The van der Waals surface area contributed by atoms with Crippen molar-refractivity contribution in [1.82, 2.24) is 14.9 Å². The van der Waals surface area contributed by atoms with Crippen LogP contribution in [0.5, 0.6) is 0 Å². The number of rotatable bonds is 8. The third kappa shape index (κ3) is 5.26. The molecule has 1 saturated heterocycles. The Balaban J connectivity index is 1.89. The number of hydrogen-bond acceptors (Lipinski definition) is 5. The Morgan fingerprint density at radius 2 is 1.88 bits per heavy atom. The number of carbonyl (C=O) groups excluding carboxylic acids is 2. The fourth-order valence-electron chi connectivity index (χ4n) is 2.85. The molecule has 2 N–H and O–H groups in total. The van der Waals surface area contributed by atoms with Crippen molar-refractivity contribution < 1.29 is 22.7 Å². The number of nitrogens with one attached hydrogen (secondary N) is 2. The molecule has 1 fully saturated rings. The Morgan fingerprint density at radius 1 is 1.19 bits per heavy atom. The molecule has 2 rings (SSSR count). The summed E-state index contributed by atoms with van der Waals surface area (Å²) in [5.41, 5.74) is 0. The molecule has 2 amide bonds. The van der Waals surface area contributed by atoms with Gasteiger partial charge < -0.3 is 15.4 Å². The molecule has 0 radical (unpaired) electrons. The molecule has 0 aliphatic carbocycles. The van der Waals surface area contributed by atoms with Gasteiger partial charge in [-0.3, -0.25) is 9.59 Å². The van der Waals surface area contributed by atoms with E-state index in [0.717, 1.165) is 6.42 Å². The minimum Gasteiger partial charge on any atom is -0.385 e. The number of sulfonamides is 1. The van der Waals surface area contributed by atoms with Gasteiger partial charge in [0.2, 0.25) is 10.0 Å². The number of carbonyl (C=O) groups is 2. The second kappa shape index (κ2) is 9.65. The second-order valence-electron chi connectivity index (χ2n) is 6.04. The van der Waals surface area contributed by atoms with Gasteiger partial charge in [0.05, 0.1) is 4.90 Å². The van der Waals surface area contributed by atoms with Crippen LogP contribution in [-0.2, 0) is 24.3 Å². The van der Waals surface area contributed by atoms with E-state index >= 15 is 0 Å². The number of methoxy groups -OCH3 is 1. The summed E-state index contributed by atoms with van der Waals surface area (Å²) in [6.45, 7) is 1.35. The normalized spacial score (nSPS) is 17.8. The molecule has 1 aromatic carbocycles. The quantitative estimate of drug-likeness (QED) is 0.490. The van der Waals surface area contributed by atoms with Crippen LogP contribution in [0, 0.1) is 0 Å². The first kappa shape index (κ1) is 20.3. The van der Waals surface area contributed by atoms with Gasteiger partial charge in [0, 0.05) is 39.4 Å². The Morgan fingerprint density at radius 3 is 2.58 bits per heavy atom. The summed E-state index contributed by atoms with van der Waals surface area (Å²) in [4.78, 5) is 23.8. The van der Waals surface area contributed by atoms with Gasteiger partial charge >= 0.3 is 11.8 Å². The number of nitrogens with zero attached hydrogens (tertiary/aromatic N) is 1. The van der Waals surface area contributed by atoms with Crippen molar-refractivity contribution in [3.8, 4) is 0 Å². The van der Waals surface area contributed by atoms with Crippen molar-refractivity contribution in [3.63, 3.8) is 0 Å². The zero-order valence-electron chi connectivity index (χ0n) is 14.8. The van der Waals surface area contributed by atoms with E-state index < -0.39 is 21.8 Å². The molecule has 1 heterocycles. The smallest absolute Gasteiger partial charge is 0.309 e. The van der Waals surface area contributed by atoms with Crippen LogP contribution in [0.3, 0.4) is 0 Å². The summed E-state index contributed by atoms with van der Waals surface area (Å²) in [7, 11) is -2.05. The largest absolute Gasteiger partial charge is 0.385 e. The van der Waals surface area contributed by atoms with E-state index in [4.69, 9.17) is 4.74 Å². The molecule has 1 aliphatic rings. The van der Waals surface area contributed by atoms with Crippen LogP contribution in [0.1, 0.15) is 19.3 Å². The zero-order valence-corrected chi connectivity index (χ0v) is 15.6. The molecule has 1 aliphatic heterocycles. The van der Waals surface area contributed by atoms with E-state index in [1.54, 1.807) is 37.4 Å². The maximum atomic E-state index is 12.7. The van der Waals surface area contributed by atoms with E-state index in [2.05, 4.69) is 10.6 Å². The summed E-state index contributed by atoms with van der Waals surface area (Å²) in [5, 5.41) is 5.03. The summed E-state index contributed by atoms with van der Waals surface area (Å²) < 4.78 is 31.8. The number of hydrogen-bond donors (Lipinski definition) is 2. The van der Waals surface area contributed by atoms with Crippen molar-refractivity contribution in [2.24, 2.45) is 0 Å². The van der Waals surface area contributed by atoms with Crippen LogP contribution in [0.4, 0.5) is 0 Å². The maximum absolute atomic E-state index is 12.7. The average molecular weight is 383 g/mol. The molecule has 144 valence electrons. The zero-order chi connectivity index (χ0) is 19.0. The molecule has 0 saturated carbocycles. The number of amides is 2. The minimum absolute atomic E-state index is 0.108. The molecule has 1 atom stereocenters. The van der Waals surface area contributed by atoms with Gasteiger partial charge in [-0.2, -0.15) is 4.31 Å². The van der Waals surface area contributed by atoms with Gasteiger partial charge in [-0.25, -0.2) is 8.42 Å². The van der Waals surface area contributed by atoms with Crippen LogP contribution in [-0.4, -0.2) is 63.9 Å². The molecule has 26 heavy (non-hydrogen) atoms. The highest BCUT2D eigenvalue weighted by Crippen LogP contribution is 2.25. The van der Waals surface area contributed by atoms with Gasteiger partial charge in [-0.05, 0) is 31.4 Å². The molecule has 1 aromatic rings. The van der Waals surface area contributed by atoms with Crippen molar-refractivity contribution in [3.05, 3.63) is 30.3 Å². The van der Waals surface area contributed by atoms with Crippen LogP contribution < -0.4 is 10.6 Å². The lowest BCUT2D eigenvalue weighted by atomic mass is 10.2. The van der Waals surface area contributed by atoms with Crippen molar-refractivity contribution in [2.75, 3.05) is 33.4 Å². The topological polar surface area (TPSA) is 105 Å². The first-order valence-corrected chi connectivity index (χ1v) is 10.0. The van der Waals surface area contributed by atoms with Gasteiger partial charge in [0.15, 0.2) is 0 Å². The Bertz CT molecular complexity index is 708. The molecular weight excluding hydrogens is 358 g/mol. The standard InChI is InChI=1S/C17H25N3O5S/c1-25-12-6-10-18-16(21)17(22)19-13-14-7-5-11-20(14)26(23,24)15-8-3-2-4-9-15/h2-4,8-9,14H,5-7,10-13H2,1H3,(H,18,21)(H,19,22). The summed E-state index contributed by atoms with van der Waals surface area (Å²) >= 11 is 0. The molecule has 9 heteroatoms. The Labute approximate surface area is 153 Å². The van der Waals surface area contributed by atoms with Crippen LogP contribution in [0.2, 0.25) is 0 Å². The van der Waals surface area contributed by atoms with E-state index in [0.29, 0.717) is 32.5 Å². The first-order valence-electron chi connectivity index (χ1n) is 8.58.